The Labute approximate surface area is 75.6 Å². The van der Waals surface area contributed by atoms with E-state index < -0.39 is 0 Å². The van der Waals surface area contributed by atoms with E-state index in [2.05, 4.69) is 18.2 Å². The Kier molecular flexibility index (Phi) is 1.66. The summed E-state index contributed by atoms with van der Waals surface area (Å²) in [5, 5.41) is 8.65. The van der Waals surface area contributed by atoms with Crippen LogP contribution in [-0.4, -0.2) is 0 Å². The molecule has 1 aliphatic rings. The van der Waals surface area contributed by atoms with Gasteiger partial charge in [0, 0.05) is 0 Å². The quantitative estimate of drug-likeness (QED) is 0.653. The number of benzene rings is 1. The van der Waals surface area contributed by atoms with Gasteiger partial charge in [0.15, 0.2) is 0 Å². The molecule has 0 atom stereocenters. The molecule has 1 heterocycles. The van der Waals surface area contributed by atoms with Crippen LogP contribution < -0.4 is 0 Å². The molecule has 0 aliphatic carbocycles. The van der Waals surface area contributed by atoms with Gasteiger partial charge in [0.05, 0.1) is 0 Å². The van der Waals surface area contributed by atoms with Crippen LogP contribution in [0, 0.1) is 14.9 Å². The minimum atomic E-state index is -0.317. The Hall–Kier alpha value is -0.820. The molecule has 0 N–H and O–H groups in total. The van der Waals surface area contributed by atoms with Crippen molar-refractivity contribution < 1.29 is 0 Å². The number of hydrogen-bond acceptors (Lipinski definition) is 1. The summed E-state index contributed by atoms with van der Waals surface area (Å²) in [6.07, 6.45) is 2.01. The Bertz CT molecular complexity index is 360. The molecule has 0 amide bonds. The molecule has 0 saturated carbocycles. The van der Waals surface area contributed by atoms with Crippen LogP contribution in [0.4, 0.5) is 0 Å². The van der Waals surface area contributed by atoms with Gasteiger partial charge in [0.25, 0.3) is 0 Å². The second kappa shape index (κ2) is 2.67. The topological polar surface area (TPSA) is 23.8 Å². The molecule has 1 aromatic rings. The fourth-order valence-corrected chi connectivity index (χ4v) is 3.49. The van der Waals surface area contributed by atoms with Gasteiger partial charge >= 0.3 is 75.6 Å². The molecule has 11 heavy (non-hydrogen) atoms. The SMILES string of the molecule is N#CC1=Cc2ccccc2[IH]1. The average molecular weight is 255 g/mol. The molecule has 2 heteroatoms. The van der Waals surface area contributed by atoms with Gasteiger partial charge in [-0.15, -0.1) is 0 Å². The molecule has 0 spiro atoms. The van der Waals surface area contributed by atoms with Crippen molar-refractivity contribution in [3.05, 3.63) is 37.0 Å². The van der Waals surface area contributed by atoms with Crippen LogP contribution in [0.3, 0.4) is 0 Å². The third-order valence-corrected chi connectivity index (χ3v) is 4.45. The number of rotatable bonds is 0. The van der Waals surface area contributed by atoms with Gasteiger partial charge in [-0.2, -0.15) is 0 Å². The van der Waals surface area contributed by atoms with Gasteiger partial charge in [-0.1, -0.05) is 0 Å². The molecule has 54 valence electrons. The van der Waals surface area contributed by atoms with E-state index >= 15 is 0 Å². The molecule has 0 saturated heterocycles. The minimum absolute atomic E-state index is 0.317. The number of nitriles is 1. The first-order valence-corrected chi connectivity index (χ1v) is 5.62. The number of halogens is 1. The number of fused-ring (bicyclic) bond motifs is 1. The third kappa shape index (κ3) is 1.16. The predicted octanol–water partition coefficient (Wildman–Crippen LogP) is 2.44. The maximum absolute atomic E-state index is 8.65. The Morgan fingerprint density at radius 3 is 2.82 bits per heavy atom. The van der Waals surface area contributed by atoms with Gasteiger partial charge in [0.1, 0.15) is 0 Å². The number of hydrogen-bond donors (Lipinski definition) is 0. The fourth-order valence-electron chi connectivity index (χ4n) is 1.04. The van der Waals surface area contributed by atoms with Crippen molar-refractivity contribution in [2.45, 2.75) is 0 Å². The summed E-state index contributed by atoms with van der Waals surface area (Å²) in [5.41, 5.74) is 1.26. The van der Waals surface area contributed by atoms with E-state index in [1.54, 1.807) is 0 Å². The summed E-state index contributed by atoms with van der Waals surface area (Å²) < 4.78 is 2.39. The van der Waals surface area contributed by atoms with Crippen LogP contribution in [0.2, 0.25) is 0 Å². The summed E-state index contributed by atoms with van der Waals surface area (Å²) in [4.78, 5) is 0. The predicted molar refractivity (Wildman–Crippen MR) is 54.1 cm³/mol. The molecule has 0 unspecified atom stereocenters. The molecule has 0 radical (unpaired) electrons. The van der Waals surface area contributed by atoms with Crippen LogP contribution in [0.15, 0.2) is 27.8 Å². The molecule has 0 bridgehead atoms. The van der Waals surface area contributed by atoms with Crippen LogP contribution in [0.5, 0.6) is 0 Å². The zero-order valence-electron chi connectivity index (χ0n) is 5.74. The summed E-state index contributed by atoms with van der Waals surface area (Å²) in [6.45, 7) is 0. The molecule has 2 rings (SSSR count). The maximum atomic E-state index is 8.65. The summed E-state index contributed by atoms with van der Waals surface area (Å²) in [5.74, 6) is 0. The zero-order valence-corrected chi connectivity index (χ0v) is 8.07. The normalized spacial score (nSPS) is 14.3. The average Bonchev–Trinajstić information content (AvgIpc) is 2.46. The van der Waals surface area contributed by atoms with E-state index in [1.807, 2.05) is 18.2 Å². The molecule has 1 aliphatic heterocycles. The summed E-state index contributed by atoms with van der Waals surface area (Å²) in [6, 6.07) is 10.5. The van der Waals surface area contributed by atoms with Gasteiger partial charge in [-0.05, 0) is 0 Å². The second-order valence-electron chi connectivity index (χ2n) is 2.26. The third-order valence-electron chi connectivity index (χ3n) is 1.54. The van der Waals surface area contributed by atoms with Crippen molar-refractivity contribution in [2.24, 2.45) is 0 Å². The first-order chi connectivity index (χ1) is 5.40. The van der Waals surface area contributed by atoms with Crippen molar-refractivity contribution >= 4 is 27.3 Å². The van der Waals surface area contributed by atoms with Crippen LogP contribution in [0.25, 0.3) is 6.08 Å². The summed E-state index contributed by atoms with van der Waals surface area (Å²) in [7, 11) is 0. The van der Waals surface area contributed by atoms with E-state index in [-0.39, 0.29) is 21.2 Å². The Balaban J connectivity index is 2.49. The van der Waals surface area contributed by atoms with E-state index in [0.717, 1.165) is 3.58 Å². The van der Waals surface area contributed by atoms with E-state index in [9.17, 15) is 0 Å². The van der Waals surface area contributed by atoms with Crippen LogP contribution >= 0.6 is 21.2 Å². The molecule has 0 aromatic heterocycles. The summed E-state index contributed by atoms with van der Waals surface area (Å²) >= 11 is -0.317. The van der Waals surface area contributed by atoms with E-state index in [4.69, 9.17) is 5.26 Å². The number of allylic oxidation sites excluding steroid dienone is 1. The van der Waals surface area contributed by atoms with Gasteiger partial charge in [-0.3, -0.25) is 0 Å². The first kappa shape index (κ1) is 6.86. The van der Waals surface area contributed by atoms with E-state index in [1.165, 1.54) is 9.13 Å². The van der Waals surface area contributed by atoms with Crippen LogP contribution in [0.1, 0.15) is 5.56 Å². The molecule has 0 fully saturated rings. The van der Waals surface area contributed by atoms with Gasteiger partial charge in [-0.25, -0.2) is 0 Å². The zero-order chi connectivity index (χ0) is 7.68. The Morgan fingerprint density at radius 2 is 2.09 bits per heavy atom. The van der Waals surface area contributed by atoms with Crippen molar-refractivity contribution in [3.63, 3.8) is 0 Å². The van der Waals surface area contributed by atoms with Crippen molar-refractivity contribution in [1.29, 1.82) is 5.26 Å². The van der Waals surface area contributed by atoms with Crippen molar-refractivity contribution in [3.8, 4) is 6.07 Å². The fraction of sp³-hybridized carbons (Fsp3) is 0. The number of nitrogens with zero attached hydrogens (tertiary/aromatic N) is 1. The standard InChI is InChI=1S/C9H6IN/c11-6-8-5-7-3-1-2-4-9(7)10-8/h1-5,10H. The molecule has 1 nitrogen and oxygen atoms in total. The molecule has 1 aromatic carbocycles. The Morgan fingerprint density at radius 1 is 1.27 bits per heavy atom. The van der Waals surface area contributed by atoms with E-state index in [0.29, 0.717) is 0 Å². The monoisotopic (exact) mass is 255 g/mol. The van der Waals surface area contributed by atoms with Crippen LogP contribution in [-0.2, 0) is 0 Å². The first-order valence-electron chi connectivity index (χ1n) is 3.29. The second-order valence-corrected chi connectivity index (χ2v) is 5.35. The van der Waals surface area contributed by atoms with Crippen molar-refractivity contribution in [1.82, 2.24) is 0 Å². The van der Waals surface area contributed by atoms with Gasteiger partial charge < -0.3 is 0 Å². The van der Waals surface area contributed by atoms with Gasteiger partial charge in [0.2, 0.25) is 0 Å². The molecular formula is C9H6IN. The molecular weight excluding hydrogens is 249 g/mol. The van der Waals surface area contributed by atoms with Crippen molar-refractivity contribution in [2.75, 3.05) is 0 Å².